The summed E-state index contributed by atoms with van der Waals surface area (Å²) >= 11 is 0. The maximum absolute atomic E-state index is 13.0. The Kier molecular flexibility index (Phi) is 6.74. The van der Waals surface area contributed by atoms with Crippen molar-refractivity contribution in [1.82, 2.24) is 10.2 Å². The Labute approximate surface area is 182 Å². The molecule has 2 aromatic rings. The zero-order valence-electron chi connectivity index (χ0n) is 18.0. The van der Waals surface area contributed by atoms with E-state index in [1.807, 2.05) is 30.4 Å². The van der Waals surface area contributed by atoms with Crippen LogP contribution in [0.4, 0.5) is 15.3 Å². The highest BCUT2D eigenvalue weighted by molar-refractivity contribution is 6.09. The van der Waals surface area contributed by atoms with Gasteiger partial charge in [-0.2, -0.15) is 0 Å². The highest BCUT2D eigenvalue weighted by Gasteiger charge is 2.25. The summed E-state index contributed by atoms with van der Waals surface area (Å²) < 4.78 is 5.25. The molecule has 0 bridgehead atoms. The molecule has 0 unspecified atom stereocenters. The quantitative estimate of drug-likeness (QED) is 0.715. The third kappa shape index (κ3) is 5.94. The van der Waals surface area contributed by atoms with Gasteiger partial charge in [-0.15, -0.1) is 0 Å². The maximum Gasteiger partial charge on any atom is 0.407 e. The van der Waals surface area contributed by atoms with E-state index in [0.29, 0.717) is 23.2 Å². The molecule has 31 heavy (non-hydrogen) atoms. The molecular formula is C24H27N3O4. The fourth-order valence-electron chi connectivity index (χ4n) is 3.16. The van der Waals surface area contributed by atoms with Crippen molar-refractivity contribution in [2.24, 2.45) is 0 Å². The van der Waals surface area contributed by atoms with E-state index < -0.39 is 17.7 Å². The zero-order valence-corrected chi connectivity index (χ0v) is 18.0. The van der Waals surface area contributed by atoms with Gasteiger partial charge in [0.2, 0.25) is 0 Å². The maximum atomic E-state index is 13.0. The van der Waals surface area contributed by atoms with Crippen molar-refractivity contribution in [1.29, 1.82) is 0 Å². The predicted octanol–water partition coefficient (Wildman–Crippen LogP) is 4.50. The molecule has 7 heteroatoms. The van der Waals surface area contributed by atoms with Crippen LogP contribution in [0.15, 0.2) is 60.7 Å². The van der Waals surface area contributed by atoms with Gasteiger partial charge in [-0.25, -0.2) is 9.59 Å². The number of carbonyl (C=O) groups is 3. The van der Waals surface area contributed by atoms with Crippen LogP contribution in [0.3, 0.4) is 0 Å². The number of rotatable bonds is 3. The zero-order chi connectivity index (χ0) is 22.4. The molecule has 1 aliphatic rings. The molecule has 0 saturated heterocycles. The Morgan fingerprint density at radius 1 is 1.03 bits per heavy atom. The van der Waals surface area contributed by atoms with Crippen LogP contribution in [-0.2, 0) is 17.7 Å². The number of nitrogens with zero attached hydrogens (tertiary/aromatic N) is 1. The second-order valence-corrected chi connectivity index (χ2v) is 8.19. The number of alkyl carbamates (subject to hydrolysis) is 1. The normalized spacial score (nSPS) is 14.7. The van der Waals surface area contributed by atoms with E-state index in [1.54, 1.807) is 51.1 Å². The lowest BCUT2D eigenvalue weighted by atomic mass is 10.0. The average molecular weight is 421 g/mol. The molecule has 162 valence electrons. The summed E-state index contributed by atoms with van der Waals surface area (Å²) in [5.41, 5.74) is 1.99. The van der Waals surface area contributed by atoms with E-state index in [2.05, 4.69) is 10.6 Å². The minimum atomic E-state index is -0.604. The number of carbonyl (C=O) groups excluding carboxylic acids is 3. The number of allylic oxidation sites excluding steroid dienone is 1. The van der Waals surface area contributed by atoms with Crippen LogP contribution < -0.4 is 10.6 Å². The number of ether oxygens (including phenoxy) is 1. The summed E-state index contributed by atoms with van der Waals surface area (Å²) in [6.45, 7) is 5.70. The largest absolute Gasteiger partial charge is 0.444 e. The van der Waals surface area contributed by atoms with E-state index in [4.69, 9.17) is 4.74 Å². The third-order valence-electron chi connectivity index (χ3n) is 4.61. The minimum absolute atomic E-state index is 0.169. The summed E-state index contributed by atoms with van der Waals surface area (Å²) in [6, 6.07) is 13.8. The number of imide groups is 1. The molecule has 0 radical (unpaired) electrons. The van der Waals surface area contributed by atoms with Gasteiger partial charge in [0.15, 0.2) is 0 Å². The lowest BCUT2D eigenvalue weighted by molar-refractivity contribution is 0.0523. The van der Waals surface area contributed by atoms with Crippen LogP contribution in [-0.4, -0.2) is 35.1 Å². The minimum Gasteiger partial charge on any atom is -0.444 e. The van der Waals surface area contributed by atoms with Gasteiger partial charge in [0.05, 0.1) is 0 Å². The van der Waals surface area contributed by atoms with Gasteiger partial charge >= 0.3 is 12.1 Å². The van der Waals surface area contributed by atoms with Crippen molar-refractivity contribution < 1.29 is 19.1 Å². The fraction of sp³-hybridized carbons (Fsp3) is 0.292. The smallest absolute Gasteiger partial charge is 0.407 e. The first-order valence-corrected chi connectivity index (χ1v) is 10.1. The molecule has 0 aliphatic carbocycles. The van der Waals surface area contributed by atoms with Crippen molar-refractivity contribution in [2.45, 2.75) is 39.3 Å². The summed E-state index contributed by atoms with van der Waals surface area (Å²) in [5.74, 6) is -0.346. The van der Waals surface area contributed by atoms with Gasteiger partial charge in [0.25, 0.3) is 5.91 Å². The molecule has 7 nitrogen and oxygen atoms in total. The van der Waals surface area contributed by atoms with Crippen LogP contribution in [0.2, 0.25) is 0 Å². The van der Waals surface area contributed by atoms with Crippen molar-refractivity contribution >= 4 is 23.7 Å². The topological polar surface area (TPSA) is 87.7 Å². The third-order valence-corrected chi connectivity index (χ3v) is 4.61. The van der Waals surface area contributed by atoms with Gasteiger partial charge in [0.1, 0.15) is 5.60 Å². The lowest BCUT2D eigenvalue weighted by Crippen LogP contribution is -2.41. The Hall–Kier alpha value is -3.61. The first-order valence-electron chi connectivity index (χ1n) is 10.1. The van der Waals surface area contributed by atoms with Gasteiger partial charge in [-0.1, -0.05) is 48.6 Å². The highest BCUT2D eigenvalue weighted by Crippen LogP contribution is 2.19. The second-order valence-electron chi connectivity index (χ2n) is 8.19. The second kappa shape index (κ2) is 9.47. The first-order chi connectivity index (χ1) is 14.7. The summed E-state index contributed by atoms with van der Waals surface area (Å²) in [6.07, 6.45) is 3.86. The van der Waals surface area contributed by atoms with Crippen LogP contribution in [0.1, 0.15) is 42.3 Å². The molecule has 1 aliphatic heterocycles. The van der Waals surface area contributed by atoms with Gasteiger partial charge in [0, 0.05) is 24.3 Å². The van der Waals surface area contributed by atoms with Gasteiger partial charge in [-0.3, -0.25) is 9.69 Å². The summed E-state index contributed by atoms with van der Waals surface area (Å²) in [4.78, 5) is 39.1. The van der Waals surface area contributed by atoms with E-state index in [1.165, 1.54) is 4.90 Å². The molecule has 2 N–H and O–H groups in total. The Morgan fingerprint density at radius 2 is 1.74 bits per heavy atom. The predicted molar refractivity (Wildman–Crippen MR) is 119 cm³/mol. The molecule has 0 fully saturated rings. The van der Waals surface area contributed by atoms with Crippen LogP contribution in [0.25, 0.3) is 0 Å². The number of benzene rings is 2. The molecule has 0 spiro atoms. The van der Waals surface area contributed by atoms with Crippen LogP contribution in [0.5, 0.6) is 0 Å². The SMILES string of the molecule is CC(C)(C)OC(=O)NCc1ccccc1NC(=O)N1C/C=C\Cc2ccccc2C1=O. The van der Waals surface area contributed by atoms with Crippen molar-refractivity contribution in [3.05, 3.63) is 77.4 Å². The number of anilines is 1. The lowest BCUT2D eigenvalue weighted by Gasteiger charge is -2.23. The van der Waals surface area contributed by atoms with Crippen LogP contribution >= 0.6 is 0 Å². The highest BCUT2D eigenvalue weighted by atomic mass is 16.6. The Morgan fingerprint density at radius 3 is 2.52 bits per heavy atom. The van der Waals surface area contributed by atoms with E-state index >= 15 is 0 Å². The van der Waals surface area contributed by atoms with Crippen molar-refractivity contribution in [3.8, 4) is 0 Å². The Balaban J connectivity index is 1.73. The molecule has 3 rings (SSSR count). The first kappa shape index (κ1) is 22.1. The van der Waals surface area contributed by atoms with Crippen LogP contribution in [0, 0.1) is 0 Å². The summed E-state index contributed by atoms with van der Waals surface area (Å²) in [7, 11) is 0. The molecule has 0 saturated carbocycles. The molecule has 4 amide bonds. The molecule has 0 aromatic heterocycles. The molecule has 2 aromatic carbocycles. The average Bonchev–Trinajstić information content (AvgIpc) is 2.70. The number of fused-ring (bicyclic) bond motifs is 1. The monoisotopic (exact) mass is 421 g/mol. The number of hydrogen-bond acceptors (Lipinski definition) is 4. The van der Waals surface area contributed by atoms with E-state index in [9.17, 15) is 14.4 Å². The number of para-hydroxylation sites is 1. The fourth-order valence-corrected chi connectivity index (χ4v) is 3.16. The number of amides is 4. The van der Waals surface area contributed by atoms with Crippen molar-refractivity contribution in [3.63, 3.8) is 0 Å². The molecular weight excluding hydrogens is 394 g/mol. The Bertz CT molecular complexity index is 1010. The summed E-state index contributed by atoms with van der Waals surface area (Å²) in [5, 5.41) is 5.49. The van der Waals surface area contributed by atoms with E-state index in [-0.39, 0.29) is 19.0 Å². The van der Waals surface area contributed by atoms with Crippen molar-refractivity contribution in [2.75, 3.05) is 11.9 Å². The molecule has 0 atom stereocenters. The van der Waals surface area contributed by atoms with Gasteiger partial charge in [-0.05, 0) is 50.5 Å². The number of urea groups is 1. The van der Waals surface area contributed by atoms with E-state index in [0.717, 1.165) is 5.56 Å². The molecule has 1 heterocycles. The number of nitrogens with one attached hydrogen (secondary N) is 2. The standard InChI is InChI=1S/C24H27N3O4/c1-24(2,3)31-23(30)25-16-18-12-5-7-14-20(18)26-22(29)27-15-9-8-11-17-10-4-6-13-19(17)21(27)28/h4-10,12-14H,11,15-16H2,1-3H3,(H,25,30)(H,26,29)/b9-8-. The van der Waals surface area contributed by atoms with Gasteiger partial charge < -0.3 is 15.4 Å². The number of hydrogen-bond donors (Lipinski definition) is 2.